The van der Waals surface area contributed by atoms with Gasteiger partial charge in [0.1, 0.15) is 5.75 Å². The molecule has 0 bridgehead atoms. The summed E-state index contributed by atoms with van der Waals surface area (Å²) in [7, 11) is 0. The van der Waals surface area contributed by atoms with Crippen LogP contribution in [0.4, 0.5) is 10.5 Å². The zero-order valence-electron chi connectivity index (χ0n) is 10.2. The number of hydrogen-bond acceptors (Lipinski definition) is 4. The zero-order chi connectivity index (χ0) is 13.5. The fourth-order valence-corrected chi connectivity index (χ4v) is 1.35. The molecule has 0 atom stereocenters. The summed E-state index contributed by atoms with van der Waals surface area (Å²) in [6, 6.07) is 4.35. The van der Waals surface area contributed by atoms with Crippen molar-refractivity contribution in [2.45, 2.75) is 13.8 Å². The van der Waals surface area contributed by atoms with Gasteiger partial charge in [-0.25, -0.2) is 9.59 Å². The van der Waals surface area contributed by atoms with Crippen LogP contribution in [0.3, 0.4) is 0 Å². The normalized spacial score (nSPS) is 9.67. The summed E-state index contributed by atoms with van der Waals surface area (Å²) in [6.07, 6.45) is -0.700. The minimum atomic E-state index is -1.13. The summed E-state index contributed by atoms with van der Waals surface area (Å²) in [5, 5.41) is 11.4. The number of amides is 1. The number of benzene rings is 1. The first-order valence-electron chi connectivity index (χ1n) is 5.52. The van der Waals surface area contributed by atoms with Gasteiger partial charge in [0, 0.05) is 6.07 Å². The lowest BCUT2D eigenvalue weighted by atomic mass is 10.1. The van der Waals surface area contributed by atoms with Gasteiger partial charge in [-0.1, -0.05) is 0 Å². The molecule has 0 aliphatic rings. The number of nitrogens with one attached hydrogen (secondary N) is 1. The molecule has 0 aromatic heterocycles. The molecule has 1 rings (SSSR count). The van der Waals surface area contributed by atoms with Gasteiger partial charge < -0.3 is 14.6 Å². The van der Waals surface area contributed by atoms with E-state index in [0.717, 1.165) is 0 Å². The van der Waals surface area contributed by atoms with Crippen molar-refractivity contribution in [3.63, 3.8) is 0 Å². The van der Waals surface area contributed by atoms with E-state index < -0.39 is 12.1 Å². The Morgan fingerprint density at radius 2 is 2.00 bits per heavy atom. The molecule has 0 saturated heterocycles. The van der Waals surface area contributed by atoms with E-state index in [-0.39, 0.29) is 17.9 Å². The number of carboxylic acids is 1. The maximum atomic E-state index is 11.3. The van der Waals surface area contributed by atoms with Gasteiger partial charge in [-0.2, -0.15) is 0 Å². The highest BCUT2D eigenvalue weighted by molar-refractivity contribution is 5.99. The fraction of sp³-hybridized carbons (Fsp3) is 0.333. The molecule has 0 aliphatic carbocycles. The van der Waals surface area contributed by atoms with Crippen LogP contribution in [-0.2, 0) is 4.74 Å². The molecule has 18 heavy (non-hydrogen) atoms. The van der Waals surface area contributed by atoms with Crippen LogP contribution < -0.4 is 10.1 Å². The lowest BCUT2D eigenvalue weighted by Crippen LogP contribution is -2.16. The molecular formula is C12H15NO5. The predicted octanol–water partition coefficient (Wildman–Crippen LogP) is 2.35. The smallest absolute Gasteiger partial charge is 0.411 e. The molecule has 0 spiro atoms. The molecule has 0 unspecified atom stereocenters. The number of carbonyl (C=O) groups excluding carboxylic acids is 1. The first kappa shape index (κ1) is 13.8. The van der Waals surface area contributed by atoms with E-state index >= 15 is 0 Å². The quantitative estimate of drug-likeness (QED) is 0.841. The highest BCUT2D eigenvalue weighted by Gasteiger charge is 2.14. The molecule has 1 amide bonds. The summed E-state index contributed by atoms with van der Waals surface area (Å²) in [5.41, 5.74) is 0.124. The molecule has 6 nitrogen and oxygen atoms in total. The zero-order valence-corrected chi connectivity index (χ0v) is 10.2. The van der Waals surface area contributed by atoms with Crippen molar-refractivity contribution in [1.29, 1.82) is 0 Å². The van der Waals surface area contributed by atoms with Crippen molar-refractivity contribution in [2.24, 2.45) is 0 Å². The van der Waals surface area contributed by atoms with E-state index in [1.165, 1.54) is 18.2 Å². The van der Waals surface area contributed by atoms with E-state index in [2.05, 4.69) is 5.32 Å². The van der Waals surface area contributed by atoms with Gasteiger partial charge >= 0.3 is 12.1 Å². The lowest BCUT2D eigenvalue weighted by molar-refractivity contribution is 0.0698. The van der Waals surface area contributed by atoms with Crippen LogP contribution in [0.5, 0.6) is 5.75 Å². The Morgan fingerprint density at radius 1 is 1.28 bits per heavy atom. The first-order chi connectivity index (χ1) is 8.58. The van der Waals surface area contributed by atoms with Gasteiger partial charge in [-0.05, 0) is 26.0 Å². The van der Waals surface area contributed by atoms with E-state index in [1.54, 1.807) is 6.92 Å². The van der Waals surface area contributed by atoms with Crippen LogP contribution in [0.15, 0.2) is 18.2 Å². The molecule has 98 valence electrons. The average molecular weight is 253 g/mol. The number of aromatic carboxylic acids is 1. The monoisotopic (exact) mass is 253 g/mol. The van der Waals surface area contributed by atoms with Crippen molar-refractivity contribution in [2.75, 3.05) is 18.5 Å². The van der Waals surface area contributed by atoms with E-state index in [4.69, 9.17) is 14.6 Å². The van der Waals surface area contributed by atoms with E-state index in [1.807, 2.05) is 6.92 Å². The summed E-state index contributed by atoms with van der Waals surface area (Å²) < 4.78 is 9.93. The predicted molar refractivity (Wildman–Crippen MR) is 65.2 cm³/mol. The molecule has 0 fully saturated rings. The molecule has 0 radical (unpaired) electrons. The van der Waals surface area contributed by atoms with Crippen LogP contribution in [0.1, 0.15) is 24.2 Å². The minimum Gasteiger partial charge on any atom is -0.494 e. The third kappa shape index (κ3) is 3.65. The summed E-state index contributed by atoms with van der Waals surface area (Å²) in [4.78, 5) is 22.3. The first-order valence-corrected chi connectivity index (χ1v) is 5.52. The minimum absolute atomic E-state index is 0.0218. The third-order valence-electron chi connectivity index (χ3n) is 2.04. The Balaban J connectivity index is 2.99. The lowest BCUT2D eigenvalue weighted by Gasteiger charge is -2.10. The SMILES string of the molecule is CCOC(=O)Nc1cc(OCC)ccc1C(=O)O. The van der Waals surface area contributed by atoms with Crippen LogP contribution >= 0.6 is 0 Å². The largest absolute Gasteiger partial charge is 0.494 e. The van der Waals surface area contributed by atoms with Crippen LogP contribution in [0.25, 0.3) is 0 Å². The van der Waals surface area contributed by atoms with Gasteiger partial charge in [-0.15, -0.1) is 0 Å². The Kier molecular flexibility index (Phi) is 4.98. The Bertz CT molecular complexity index is 444. The topological polar surface area (TPSA) is 84.9 Å². The van der Waals surface area contributed by atoms with Crippen molar-refractivity contribution in [1.82, 2.24) is 0 Å². The van der Waals surface area contributed by atoms with Gasteiger partial charge in [-0.3, -0.25) is 5.32 Å². The Hall–Kier alpha value is -2.24. The van der Waals surface area contributed by atoms with Crippen molar-refractivity contribution in [3.8, 4) is 5.75 Å². The maximum absolute atomic E-state index is 11.3. The van der Waals surface area contributed by atoms with Crippen LogP contribution in [0, 0.1) is 0 Å². The fourth-order valence-electron chi connectivity index (χ4n) is 1.35. The molecular weight excluding hydrogens is 238 g/mol. The maximum Gasteiger partial charge on any atom is 0.411 e. The molecule has 6 heteroatoms. The standard InChI is InChI=1S/C12H15NO5/c1-3-17-8-5-6-9(11(14)15)10(7-8)13-12(16)18-4-2/h5-7H,3-4H2,1-2H3,(H,13,16)(H,14,15). The van der Waals surface area contributed by atoms with Crippen molar-refractivity contribution < 1.29 is 24.2 Å². The number of hydrogen-bond donors (Lipinski definition) is 2. The second-order valence-electron chi connectivity index (χ2n) is 3.29. The Labute approximate surface area is 105 Å². The van der Waals surface area contributed by atoms with Gasteiger partial charge in [0.25, 0.3) is 0 Å². The van der Waals surface area contributed by atoms with Crippen LogP contribution in [-0.4, -0.2) is 30.4 Å². The summed E-state index contributed by atoms with van der Waals surface area (Å²) in [5.74, 6) is -0.654. The molecule has 1 aromatic rings. The number of ether oxygens (including phenoxy) is 2. The Morgan fingerprint density at radius 3 is 2.56 bits per heavy atom. The third-order valence-corrected chi connectivity index (χ3v) is 2.04. The number of carbonyl (C=O) groups is 2. The number of anilines is 1. The summed E-state index contributed by atoms with van der Waals surface area (Å²) in [6.45, 7) is 4.13. The molecule has 2 N–H and O–H groups in total. The van der Waals surface area contributed by atoms with Gasteiger partial charge in [0.15, 0.2) is 0 Å². The molecule has 0 heterocycles. The van der Waals surface area contributed by atoms with Crippen LogP contribution in [0.2, 0.25) is 0 Å². The molecule has 0 aliphatic heterocycles. The van der Waals surface area contributed by atoms with Crippen molar-refractivity contribution in [3.05, 3.63) is 23.8 Å². The summed E-state index contributed by atoms with van der Waals surface area (Å²) >= 11 is 0. The van der Waals surface area contributed by atoms with Crippen molar-refractivity contribution >= 4 is 17.7 Å². The second-order valence-corrected chi connectivity index (χ2v) is 3.29. The van der Waals surface area contributed by atoms with E-state index in [0.29, 0.717) is 12.4 Å². The highest BCUT2D eigenvalue weighted by Crippen LogP contribution is 2.23. The number of carboxylic acid groups (broad SMARTS) is 1. The van der Waals surface area contributed by atoms with Gasteiger partial charge in [0.05, 0.1) is 24.5 Å². The van der Waals surface area contributed by atoms with Gasteiger partial charge in [0.2, 0.25) is 0 Å². The average Bonchev–Trinajstić information content (AvgIpc) is 2.29. The molecule has 0 saturated carbocycles. The molecule has 1 aromatic carbocycles. The second kappa shape index (κ2) is 6.48. The highest BCUT2D eigenvalue weighted by atomic mass is 16.5. The number of rotatable bonds is 5. The van der Waals surface area contributed by atoms with E-state index in [9.17, 15) is 9.59 Å².